The number of hydrogen-bond donors (Lipinski definition) is 3. The molecule has 1 atom stereocenters. The highest BCUT2D eigenvalue weighted by atomic mass is 32.1. The third-order valence-electron chi connectivity index (χ3n) is 7.72. The van der Waals surface area contributed by atoms with Gasteiger partial charge in [-0.3, -0.25) is 4.79 Å². The van der Waals surface area contributed by atoms with Crippen LogP contribution in [0.25, 0.3) is 21.3 Å². The third-order valence-corrected chi connectivity index (χ3v) is 8.62. The number of H-pyrrole nitrogens is 1. The van der Waals surface area contributed by atoms with Crippen molar-refractivity contribution in [2.24, 2.45) is 7.05 Å². The Morgan fingerprint density at radius 2 is 1.85 bits per heavy atom. The van der Waals surface area contributed by atoms with Crippen LogP contribution in [0.5, 0.6) is 5.75 Å². The minimum Gasteiger partial charge on any atom is -0.505 e. The molecule has 5 aromatic rings. The van der Waals surface area contributed by atoms with Crippen molar-refractivity contribution in [3.05, 3.63) is 92.8 Å². The normalized spacial score (nSPS) is 14.6. The summed E-state index contributed by atoms with van der Waals surface area (Å²) < 4.78 is 1.57. The molecule has 3 aromatic heterocycles. The number of aromatic nitrogens is 3. The molecule has 1 saturated heterocycles. The number of thiazole rings is 1. The average molecular weight is 542 g/mol. The summed E-state index contributed by atoms with van der Waals surface area (Å²) in [6.45, 7) is 2.05. The van der Waals surface area contributed by atoms with E-state index in [9.17, 15) is 14.7 Å². The Bertz CT molecular complexity index is 1700. The molecule has 4 heterocycles. The largest absolute Gasteiger partial charge is 0.505 e. The zero-order valence-electron chi connectivity index (χ0n) is 21.8. The highest BCUT2D eigenvalue weighted by Crippen LogP contribution is 2.41. The maximum Gasteiger partial charge on any atom is 0.317 e. The van der Waals surface area contributed by atoms with Crippen LogP contribution in [0.3, 0.4) is 0 Å². The number of carbonyl (C=O) groups excluding carboxylic acids is 1. The summed E-state index contributed by atoms with van der Waals surface area (Å²) in [6, 6.07) is 17.8. The molecule has 0 spiro atoms. The van der Waals surface area contributed by atoms with Crippen LogP contribution in [0.15, 0.2) is 64.9 Å². The minimum absolute atomic E-state index is 0.0313. The first kappa shape index (κ1) is 25.2. The molecular formula is C30H31N5O3S. The highest BCUT2D eigenvalue weighted by Gasteiger charge is 2.31. The quantitative estimate of drug-likeness (QED) is 0.278. The molecule has 0 aliphatic carbocycles. The Balaban J connectivity index is 1.47. The van der Waals surface area contributed by atoms with Crippen molar-refractivity contribution in [1.29, 1.82) is 0 Å². The number of pyridine rings is 1. The SMILES string of the molecule is Cn1c(=O)c(C(c2ccccc2)c2[nH]c3ccccc3c2CCNC(=O)N2CCCCC2)c(O)c2ncsc21. The summed E-state index contributed by atoms with van der Waals surface area (Å²) in [4.78, 5) is 37.1. The number of urea groups is 1. The number of aromatic amines is 1. The van der Waals surface area contributed by atoms with Crippen molar-refractivity contribution in [2.75, 3.05) is 19.6 Å². The van der Waals surface area contributed by atoms with Gasteiger partial charge in [0.05, 0.1) is 17.0 Å². The second-order valence-electron chi connectivity index (χ2n) is 10.1. The lowest BCUT2D eigenvalue weighted by Crippen LogP contribution is -2.43. The number of likely N-dealkylation sites (tertiary alicyclic amines) is 1. The molecule has 200 valence electrons. The van der Waals surface area contributed by atoms with E-state index in [2.05, 4.69) is 21.4 Å². The number of fused-ring (bicyclic) bond motifs is 2. The van der Waals surface area contributed by atoms with Crippen molar-refractivity contribution >= 4 is 38.6 Å². The smallest absolute Gasteiger partial charge is 0.317 e. The van der Waals surface area contributed by atoms with E-state index in [4.69, 9.17) is 0 Å². The van der Waals surface area contributed by atoms with Crippen LogP contribution in [0, 0.1) is 0 Å². The van der Waals surface area contributed by atoms with E-state index >= 15 is 0 Å². The number of carbonyl (C=O) groups is 1. The second-order valence-corrected chi connectivity index (χ2v) is 10.9. The lowest BCUT2D eigenvalue weighted by molar-refractivity contribution is 0.186. The van der Waals surface area contributed by atoms with Gasteiger partial charge in [-0.2, -0.15) is 0 Å². The van der Waals surface area contributed by atoms with E-state index in [0.717, 1.165) is 53.7 Å². The van der Waals surface area contributed by atoms with Gasteiger partial charge in [0.25, 0.3) is 5.56 Å². The number of rotatable bonds is 6. The fourth-order valence-electron chi connectivity index (χ4n) is 5.77. The van der Waals surface area contributed by atoms with Gasteiger partial charge in [0.2, 0.25) is 0 Å². The number of para-hydroxylation sites is 1. The second kappa shape index (κ2) is 10.6. The van der Waals surface area contributed by atoms with Crippen LogP contribution in [-0.2, 0) is 13.5 Å². The Kier molecular flexibility index (Phi) is 6.83. The summed E-state index contributed by atoms with van der Waals surface area (Å²) in [5.41, 5.74) is 5.75. The average Bonchev–Trinajstić information content (AvgIpc) is 3.61. The molecule has 39 heavy (non-hydrogen) atoms. The topological polar surface area (TPSA) is 103 Å². The van der Waals surface area contributed by atoms with Crippen LogP contribution < -0.4 is 10.9 Å². The molecule has 1 fully saturated rings. The molecule has 2 aromatic carbocycles. The van der Waals surface area contributed by atoms with Gasteiger partial charge in [0.1, 0.15) is 10.3 Å². The third kappa shape index (κ3) is 4.57. The number of nitrogens with one attached hydrogen (secondary N) is 2. The number of hydrogen-bond acceptors (Lipinski definition) is 5. The molecule has 0 radical (unpaired) electrons. The Morgan fingerprint density at radius 1 is 1.10 bits per heavy atom. The van der Waals surface area contributed by atoms with Crippen LogP contribution in [0.4, 0.5) is 4.79 Å². The number of benzene rings is 2. The number of piperidine rings is 1. The monoisotopic (exact) mass is 541 g/mol. The maximum absolute atomic E-state index is 13.8. The molecule has 1 unspecified atom stereocenters. The van der Waals surface area contributed by atoms with Gasteiger partial charge < -0.3 is 24.9 Å². The van der Waals surface area contributed by atoms with Crippen molar-refractivity contribution in [3.63, 3.8) is 0 Å². The van der Waals surface area contributed by atoms with Crippen LogP contribution in [0.1, 0.15) is 47.6 Å². The Morgan fingerprint density at radius 3 is 2.64 bits per heavy atom. The van der Waals surface area contributed by atoms with Gasteiger partial charge in [-0.1, -0.05) is 48.5 Å². The summed E-state index contributed by atoms with van der Waals surface area (Å²) in [5, 5.41) is 15.6. The van der Waals surface area contributed by atoms with Crippen molar-refractivity contribution in [3.8, 4) is 5.75 Å². The van der Waals surface area contributed by atoms with E-state index < -0.39 is 5.92 Å². The van der Waals surface area contributed by atoms with Crippen molar-refractivity contribution in [1.82, 2.24) is 24.8 Å². The number of aryl methyl sites for hydroxylation is 1. The molecule has 6 rings (SSSR count). The van der Waals surface area contributed by atoms with Gasteiger partial charge in [-0.05, 0) is 42.9 Å². The lowest BCUT2D eigenvalue weighted by Gasteiger charge is -2.27. The molecule has 0 bridgehead atoms. The van der Waals surface area contributed by atoms with Gasteiger partial charge in [0, 0.05) is 43.3 Å². The first-order chi connectivity index (χ1) is 19.0. The molecule has 1 aliphatic heterocycles. The zero-order valence-corrected chi connectivity index (χ0v) is 22.6. The molecule has 1 aliphatic rings. The summed E-state index contributed by atoms with van der Waals surface area (Å²) in [5.74, 6) is -0.651. The van der Waals surface area contributed by atoms with E-state index in [-0.39, 0.29) is 22.9 Å². The van der Waals surface area contributed by atoms with Gasteiger partial charge >= 0.3 is 6.03 Å². The van der Waals surface area contributed by atoms with E-state index in [1.165, 1.54) is 17.8 Å². The van der Waals surface area contributed by atoms with E-state index in [0.29, 0.717) is 23.3 Å². The first-order valence-corrected chi connectivity index (χ1v) is 14.2. The molecule has 2 amide bonds. The molecule has 8 nitrogen and oxygen atoms in total. The maximum atomic E-state index is 13.8. The highest BCUT2D eigenvalue weighted by molar-refractivity contribution is 7.16. The lowest BCUT2D eigenvalue weighted by atomic mass is 9.85. The van der Waals surface area contributed by atoms with Gasteiger partial charge in [0.15, 0.2) is 5.75 Å². The predicted octanol–water partition coefficient (Wildman–Crippen LogP) is 5.10. The van der Waals surface area contributed by atoms with Crippen LogP contribution in [-0.4, -0.2) is 50.2 Å². The van der Waals surface area contributed by atoms with Gasteiger partial charge in [-0.15, -0.1) is 11.3 Å². The fraction of sp³-hybridized carbons (Fsp3) is 0.300. The van der Waals surface area contributed by atoms with Crippen molar-refractivity contribution < 1.29 is 9.90 Å². The van der Waals surface area contributed by atoms with Gasteiger partial charge in [-0.25, -0.2) is 9.78 Å². The molecular weight excluding hydrogens is 510 g/mol. The van der Waals surface area contributed by atoms with Crippen LogP contribution in [0.2, 0.25) is 0 Å². The van der Waals surface area contributed by atoms with Crippen molar-refractivity contribution in [2.45, 2.75) is 31.6 Å². The standard InChI is InChI=1S/C30H31N5O3S/c1-34-28(37)24(27(36)26-29(34)39-18-32-26)23(19-10-4-2-5-11-19)25-21(20-12-6-7-13-22(20)33-25)14-15-31-30(38)35-16-8-3-9-17-35/h2,4-7,10-13,18,23,33,36H,3,8-9,14-17H2,1H3,(H,31,38). The van der Waals surface area contributed by atoms with E-state index in [1.807, 2.05) is 53.4 Å². The minimum atomic E-state index is -0.559. The first-order valence-electron chi connectivity index (χ1n) is 13.4. The van der Waals surface area contributed by atoms with Crippen LogP contribution >= 0.6 is 11.3 Å². The molecule has 9 heteroatoms. The number of aromatic hydroxyl groups is 1. The summed E-state index contributed by atoms with van der Waals surface area (Å²) in [6.07, 6.45) is 3.83. The number of amides is 2. The fourth-order valence-corrected chi connectivity index (χ4v) is 6.53. The van der Waals surface area contributed by atoms with E-state index in [1.54, 1.807) is 17.1 Å². The summed E-state index contributed by atoms with van der Waals surface area (Å²) in [7, 11) is 1.72. The predicted molar refractivity (Wildman–Crippen MR) is 155 cm³/mol. The Hall–Kier alpha value is -4.11. The molecule has 0 saturated carbocycles. The number of nitrogens with zero attached hydrogens (tertiary/aromatic N) is 3. The Labute approximate surface area is 229 Å². The summed E-state index contributed by atoms with van der Waals surface area (Å²) >= 11 is 1.33. The zero-order chi connectivity index (χ0) is 26.9. The molecule has 3 N–H and O–H groups in total.